The van der Waals surface area contributed by atoms with Crippen LogP contribution in [0.5, 0.6) is 0 Å². The molecule has 0 saturated carbocycles. The highest BCUT2D eigenvalue weighted by molar-refractivity contribution is 5.32. The van der Waals surface area contributed by atoms with Gasteiger partial charge in [0.05, 0.1) is 6.10 Å². The lowest BCUT2D eigenvalue weighted by atomic mass is 10.3. The molecule has 0 radical (unpaired) electrons. The molecule has 4 heteroatoms. The van der Waals surface area contributed by atoms with Crippen molar-refractivity contribution < 1.29 is 15.0 Å². The highest BCUT2D eigenvalue weighted by atomic mass is 16.3. The second-order valence-electron chi connectivity index (χ2n) is 1.75. The molecule has 1 rings (SSSR count). The number of nitrogens with one attached hydrogen (secondary N) is 1. The SMILES string of the molecule is O=CO.O[C@H]1CCNC1. The van der Waals surface area contributed by atoms with Crippen LogP contribution in [0.1, 0.15) is 6.42 Å². The van der Waals surface area contributed by atoms with Crippen LogP contribution in [0.25, 0.3) is 0 Å². The van der Waals surface area contributed by atoms with Gasteiger partial charge in [-0.15, -0.1) is 0 Å². The standard InChI is InChI=1S/C4H9NO.CH2O2/c6-4-1-2-5-3-4;2-1-3/h4-6H,1-3H2;1H,(H,2,3)/t4-;/m0./s1. The molecule has 1 saturated heterocycles. The summed E-state index contributed by atoms with van der Waals surface area (Å²) in [5.41, 5.74) is 0. The molecule has 0 amide bonds. The van der Waals surface area contributed by atoms with Crippen LogP contribution in [0.2, 0.25) is 0 Å². The van der Waals surface area contributed by atoms with E-state index in [2.05, 4.69) is 5.32 Å². The fraction of sp³-hybridized carbons (Fsp3) is 0.800. The molecular formula is C5H11NO3. The number of hydrogen-bond acceptors (Lipinski definition) is 3. The average molecular weight is 133 g/mol. The normalized spacial score (nSPS) is 24.3. The molecule has 0 spiro atoms. The van der Waals surface area contributed by atoms with Gasteiger partial charge in [0.25, 0.3) is 6.47 Å². The lowest BCUT2D eigenvalue weighted by Gasteiger charge is -1.90. The first-order chi connectivity index (χ1) is 4.31. The highest BCUT2D eigenvalue weighted by Crippen LogP contribution is 1.93. The topological polar surface area (TPSA) is 69.6 Å². The molecule has 1 heterocycles. The Labute approximate surface area is 53.5 Å². The van der Waals surface area contributed by atoms with E-state index in [1.807, 2.05) is 0 Å². The molecule has 1 fully saturated rings. The Balaban J connectivity index is 0.000000187. The number of rotatable bonds is 0. The van der Waals surface area contributed by atoms with Crippen LogP contribution in [0, 0.1) is 0 Å². The lowest BCUT2D eigenvalue weighted by molar-refractivity contribution is -0.122. The predicted molar refractivity (Wildman–Crippen MR) is 32.2 cm³/mol. The Bertz CT molecular complexity index is 70.6. The van der Waals surface area contributed by atoms with E-state index >= 15 is 0 Å². The maximum absolute atomic E-state index is 8.67. The molecule has 1 atom stereocenters. The molecule has 54 valence electrons. The second kappa shape index (κ2) is 5.53. The molecule has 0 aliphatic carbocycles. The predicted octanol–water partition coefficient (Wildman–Crippen LogP) is -0.959. The fourth-order valence-electron chi connectivity index (χ4n) is 0.639. The molecule has 0 aromatic carbocycles. The third-order valence-electron chi connectivity index (χ3n) is 1.03. The third kappa shape index (κ3) is 5.26. The number of hydrogen-bond donors (Lipinski definition) is 3. The summed E-state index contributed by atoms with van der Waals surface area (Å²) in [4.78, 5) is 8.36. The highest BCUT2D eigenvalue weighted by Gasteiger charge is 2.08. The van der Waals surface area contributed by atoms with Crippen molar-refractivity contribution >= 4 is 6.47 Å². The van der Waals surface area contributed by atoms with Gasteiger partial charge in [0, 0.05) is 6.54 Å². The molecule has 0 unspecified atom stereocenters. The molecular weight excluding hydrogens is 122 g/mol. The molecule has 9 heavy (non-hydrogen) atoms. The van der Waals surface area contributed by atoms with E-state index in [4.69, 9.17) is 15.0 Å². The first-order valence-corrected chi connectivity index (χ1v) is 2.78. The summed E-state index contributed by atoms with van der Waals surface area (Å²) in [6.07, 6.45) is 0.866. The van der Waals surface area contributed by atoms with Crippen molar-refractivity contribution in [2.24, 2.45) is 0 Å². The number of carbonyl (C=O) groups is 1. The first-order valence-electron chi connectivity index (χ1n) is 2.78. The van der Waals surface area contributed by atoms with Gasteiger partial charge in [-0.1, -0.05) is 0 Å². The maximum atomic E-state index is 8.67. The number of β-amino-alcohol motifs (C(OH)–C–C–N with tert-alkyl or cyclic N) is 1. The van der Waals surface area contributed by atoms with Crippen LogP contribution in [0.15, 0.2) is 0 Å². The summed E-state index contributed by atoms with van der Waals surface area (Å²) in [6, 6.07) is 0. The van der Waals surface area contributed by atoms with Gasteiger partial charge in [-0.05, 0) is 13.0 Å². The van der Waals surface area contributed by atoms with Gasteiger partial charge in [0.2, 0.25) is 0 Å². The van der Waals surface area contributed by atoms with Crippen molar-refractivity contribution in [1.82, 2.24) is 5.32 Å². The molecule has 1 aliphatic rings. The molecule has 0 bridgehead atoms. The maximum Gasteiger partial charge on any atom is 0.290 e. The van der Waals surface area contributed by atoms with Crippen LogP contribution >= 0.6 is 0 Å². The zero-order valence-corrected chi connectivity index (χ0v) is 5.08. The van der Waals surface area contributed by atoms with Crippen molar-refractivity contribution in [2.45, 2.75) is 12.5 Å². The Morgan fingerprint density at radius 1 is 1.67 bits per heavy atom. The van der Waals surface area contributed by atoms with E-state index in [1.165, 1.54) is 0 Å². The quantitative estimate of drug-likeness (QED) is 0.372. The smallest absolute Gasteiger partial charge is 0.290 e. The minimum absolute atomic E-state index is 0.0648. The second-order valence-corrected chi connectivity index (χ2v) is 1.75. The van der Waals surface area contributed by atoms with Crippen LogP contribution in [-0.2, 0) is 4.79 Å². The van der Waals surface area contributed by atoms with Crippen LogP contribution in [0.3, 0.4) is 0 Å². The molecule has 0 aromatic rings. The van der Waals surface area contributed by atoms with Crippen molar-refractivity contribution in [1.29, 1.82) is 0 Å². The Kier molecular flexibility index (Phi) is 5.15. The fourth-order valence-corrected chi connectivity index (χ4v) is 0.639. The van der Waals surface area contributed by atoms with Gasteiger partial charge in [-0.2, -0.15) is 0 Å². The van der Waals surface area contributed by atoms with E-state index in [0.29, 0.717) is 0 Å². The third-order valence-corrected chi connectivity index (χ3v) is 1.03. The lowest BCUT2D eigenvalue weighted by Crippen LogP contribution is -2.11. The van der Waals surface area contributed by atoms with E-state index < -0.39 is 0 Å². The zero-order chi connectivity index (χ0) is 7.11. The van der Waals surface area contributed by atoms with Gasteiger partial charge in [-0.3, -0.25) is 4.79 Å². The summed E-state index contributed by atoms with van der Waals surface area (Å²) >= 11 is 0. The van der Waals surface area contributed by atoms with Gasteiger partial charge in [0.15, 0.2) is 0 Å². The van der Waals surface area contributed by atoms with Gasteiger partial charge in [0.1, 0.15) is 0 Å². The van der Waals surface area contributed by atoms with Crippen molar-refractivity contribution in [3.05, 3.63) is 0 Å². The van der Waals surface area contributed by atoms with Crippen molar-refractivity contribution in [2.75, 3.05) is 13.1 Å². The summed E-state index contributed by atoms with van der Waals surface area (Å²) in [5.74, 6) is 0. The number of carboxylic acid groups (broad SMARTS) is 1. The summed E-state index contributed by atoms with van der Waals surface area (Å²) in [6.45, 7) is 1.53. The largest absolute Gasteiger partial charge is 0.483 e. The summed E-state index contributed by atoms with van der Waals surface area (Å²) in [5, 5.41) is 18.6. The van der Waals surface area contributed by atoms with E-state index in [0.717, 1.165) is 19.5 Å². The van der Waals surface area contributed by atoms with E-state index in [-0.39, 0.29) is 12.6 Å². The van der Waals surface area contributed by atoms with Gasteiger partial charge in [-0.25, -0.2) is 0 Å². The van der Waals surface area contributed by atoms with Crippen LogP contribution in [0.4, 0.5) is 0 Å². The monoisotopic (exact) mass is 133 g/mol. The van der Waals surface area contributed by atoms with Gasteiger partial charge >= 0.3 is 0 Å². The Morgan fingerprint density at radius 3 is 2.33 bits per heavy atom. The molecule has 3 N–H and O–H groups in total. The van der Waals surface area contributed by atoms with Crippen molar-refractivity contribution in [3.8, 4) is 0 Å². The Morgan fingerprint density at radius 2 is 2.22 bits per heavy atom. The summed E-state index contributed by atoms with van der Waals surface area (Å²) < 4.78 is 0. The van der Waals surface area contributed by atoms with Gasteiger partial charge < -0.3 is 15.5 Å². The van der Waals surface area contributed by atoms with Crippen LogP contribution < -0.4 is 5.32 Å². The number of aliphatic hydroxyl groups is 1. The minimum Gasteiger partial charge on any atom is -0.483 e. The average Bonchev–Trinajstić information content (AvgIpc) is 2.20. The Hall–Kier alpha value is -0.610. The molecule has 4 nitrogen and oxygen atoms in total. The molecule has 1 aliphatic heterocycles. The molecule has 0 aromatic heterocycles. The summed E-state index contributed by atoms with van der Waals surface area (Å²) in [7, 11) is 0. The van der Waals surface area contributed by atoms with Crippen molar-refractivity contribution in [3.63, 3.8) is 0 Å². The van der Waals surface area contributed by atoms with Crippen LogP contribution in [-0.4, -0.2) is 35.9 Å². The number of aliphatic hydroxyl groups excluding tert-OH is 1. The minimum atomic E-state index is -0.250. The van der Waals surface area contributed by atoms with E-state index in [1.54, 1.807) is 0 Å². The zero-order valence-electron chi connectivity index (χ0n) is 5.08. The first kappa shape index (κ1) is 8.39. The van der Waals surface area contributed by atoms with E-state index in [9.17, 15) is 0 Å².